The Hall–Kier alpha value is -2.08. The van der Waals surface area contributed by atoms with Gasteiger partial charge in [-0.05, 0) is 39.7 Å². The number of nitrogen functional groups attached to an aromatic ring is 1. The molecule has 0 heterocycles. The summed E-state index contributed by atoms with van der Waals surface area (Å²) in [7, 11) is 1.32. The highest BCUT2D eigenvalue weighted by molar-refractivity contribution is 9.10. The molecular formula is C15H13BrFNO3. The number of ether oxygens (including phenoxy) is 2. The number of carbonyl (C=O) groups excluding carboxylic acids is 1. The number of nitrogens with two attached hydrogens (primary N) is 1. The molecule has 0 aliphatic carbocycles. The molecule has 21 heavy (non-hydrogen) atoms. The topological polar surface area (TPSA) is 61.5 Å². The molecule has 110 valence electrons. The molecule has 0 radical (unpaired) electrons. The van der Waals surface area contributed by atoms with E-state index in [4.69, 9.17) is 10.5 Å². The summed E-state index contributed by atoms with van der Waals surface area (Å²) in [4.78, 5) is 11.3. The SMILES string of the molecule is COC(=O)c1ccc(COc2cc(F)c(Br)cc2N)cc1. The van der Waals surface area contributed by atoms with Gasteiger partial charge in [-0.1, -0.05) is 12.1 Å². The van der Waals surface area contributed by atoms with E-state index in [-0.39, 0.29) is 16.8 Å². The first kappa shape index (κ1) is 15.3. The van der Waals surface area contributed by atoms with Gasteiger partial charge in [-0.25, -0.2) is 9.18 Å². The van der Waals surface area contributed by atoms with E-state index in [0.717, 1.165) is 5.56 Å². The van der Waals surface area contributed by atoms with Crippen LogP contribution >= 0.6 is 15.9 Å². The van der Waals surface area contributed by atoms with Crippen LogP contribution in [0.2, 0.25) is 0 Å². The molecule has 0 amide bonds. The molecule has 0 saturated heterocycles. The Bertz CT molecular complexity index is 659. The molecule has 2 rings (SSSR count). The van der Waals surface area contributed by atoms with Crippen molar-refractivity contribution >= 4 is 27.6 Å². The van der Waals surface area contributed by atoms with Crippen molar-refractivity contribution in [1.82, 2.24) is 0 Å². The zero-order chi connectivity index (χ0) is 15.4. The molecule has 4 nitrogen and oxygen atoms in total. The minimum Gasteiger partial charge on any atom is -0.487 e. The summed E-state index contributed by atoms with van der Waals surface area (Å²) < 4.78 is 23.8. The van der Waals surface area contributed by atoms with Crippen molar-refractivity contribution in [1.29, 1.82) is 0 Å². The van der Waals surface area contributed by atoms with Gasteiger partial charge in [0.2, 0.25) is 0 Å². The molecule has 0 aliphatic heterocycles. The Morgan fingerprint density at radius 3 is 2.57 bits per heavy atom. The van der Waals surface area contributed by atoms with Gasteiger partial charge in [0.25, 0.3) is 0 Å². The number of carbonyl (C=O) groups is 1. The highest BCUT2D eigenvalue weighted by Gasteiger charge is 2.08. The fraction of sp³-hybridized carbons (Fsp3) is 0.133. The van der Waals surface area contributed by atoms with Crippen LogP contribution in [-0.2, 0) is 11.3 Å². The van der Waals surface area contributed by atoms with Gasteiger partial charge in [0.15, 0.2) is 0 Å². The van der Waals surface area contributed by atoms with Crippen LogP contribution in [0.25, 0.3) is 0 Å². The first-order valence-corrected chi connectivity index (χ1v) is 6.85. The Morgan fingerprint density at radius 1 is 1.29 bits per heavy atom. The fourth-order valence-corrected chi connectivity index (χ4v) is 2.05. The Labute approximate surface area is 129 Å². The van der Waals surface area contributed by atoms with Crippen LogP contribution in [0.4, 0.5) is 10.1 Å². The van der Waals surface area contributed by atoms with Crippen molar-refractivity contribution < 1.29 is 18.7 Å². The molecule has 0 fully saturated rings. The van der Waals surface area contributed by atoms with E-state index in [1.165, 1.54) is 19.2 Å². The highest BCUT2D eigenvalue weighted by Crippen LogP contribution is 2.29. The lowest BCUT2D eigenvalue weighted by Crippen LogP contribution is -2.03. The first-order valence-electron chi connectivity index (χ1n) is 6.06. The number of methoxy groups -OCH3 is 1. The van der Waals surface area contributed by atoms with E-state index >= 15 is 0 Å². The van der Waals surface area contributed by atoms with Crippen LogP contribution in [0.3, 0.4) is 0 Å². The van der Waals surface area contributed by atoms with Gasteiger partial charge in [-0.15, -0.1) is 0 Å². The molecular weight excluding hydrogens is 341 g/mol. The summed E-state index contributed by atoms with van der Waals surface area (Å²) >= 11 is 3.05. The Balaban J connectivity index is 2.06. The lowest BCUT2D eigenvalue weighted by molar-refractivity contribution is 0.0600. The number of hydrogen-bond donors (Lipinski definition) is 1. The molecule has 2 N–H and O–H groups in total. The van der Waals surface area contributed by atoms with E-state index in [0.29, 0.717) is 11.3 Å². The minimum atomic E-state index is -0.444. The highest BCUT2D eigenvalue weighted by atomic mass is 79.9. The van der Waals surface area contributed by atoms with E-state index in [2.05, 4.69) is 20.7 Å². The number of esters is 1. The number of anilines is 1. The zero-order valence-electron chi connectivity index (χ0n) is 11.2. The summed E-state index contributed by atoms with van der Waals surface area (Å²) in [5.74, 6) is -0.574. The van der Waals surface area contributed by atoms with Crippen molar-refractivity contribution in [2.45, 2.75) is 6.61 Å². The van der Waals surface area contributed by atoms with Crippen LogP contribution in [0, 0.1) is 5.82 Å². The number of halogens is 2. The lowest BCUT2D eigenvalue weighted by Gasteiger charge is -2.10. The summed E-state index contributed by atoms with van der Waals surface area (Å²) in [5, 5.41) is 0. The zero-order valence-corrected chi connectivity index (χ0v) is 12.8. The molecule has 6 heteroatoms. The minimum absolute atomic E-state index is 0.215. The van der Waals surface area contributed by atoms with Gasteiger partial charge >= 0.3 is 5.97 Å². The molecule has 0 unspecified atom stereocenters. The maximum absolute atomic E-state index is 13.4. The van der Waals surface area contributed by atoms with Gasteiger partial charge in [0.05, 0.1) is 22.8 Å². The van der Waals surface area contributed by atoms with Crippen molar-refractivity contribution in [2.24, 2.45) is 0 Å². The second kappa shape index (κ2) is 6.58. The molecule has 0 bridgehead atoms. The maximum atomic E-state index is 13.4. The van der Waals surface area contributed by atoms with Gasteiger partial charge in [0.1, 0.15) is 18.2 Å². The van der Waals surface area contributed by atoms with E-state index in [1.807, 2.05) is 0 Å². The van der Waals surface area contributed by atoms with Crippen LogP contribution in [0.5, 0.6) is 5.75 Å². The molecule has 2 aromatic rings. The average Bonchev–Trinajstić information content (AvgIpc) is 2.49. The van der Waals surface area contributed by atoms with Crippen LogP contribution in [0.15, 0.2) is 40.9 Å². The second-order valence-electron chi connectivity index (χ2n) is 4.28. The fourth-order valence-electron chi connectivity index (χ4n) is 1.68. The molecule has 0 aliphatic rings. The predicted molar refractivity (Wildman–Crippen MR) is 80.6 cm³/mol. The monoisotopic (exact) mass is 353 g/mol. The van der Waals surface area contributed by atoms with E-state index in [1.54, 1.807) is 24.3 Å². The summed E-state index contributed by atoms with van der Waals surface area (Å²) in [6.45, 7) is 0.215. The Kier molecular flexibility index (Phi) is 4.80. The Morgan fingerprint density at radius 2 is 1.95 bits per heavy atom. The van der Waals surface area contributed by atoms with Crippen molar-refractivity contribution in [2.75, 3.05) is 12.8 Å². The van der Waals surface area contributed by atoms with Gasteiger partial charge in [0, 0.05) is 6.07 Å². The van der Waals surface area contributed by atoms with Gasteiger partial charge in [-0.3, -0.25) is 0 Å². The second-order valence-corrected chi connectivity index (χ2v) is 5.14. The standard InChI is InChI=1S/C15H13BrFNO3/c1-20-15(19)10-4-2-9(3-5-10)8-21-14-7-12(17)11(16)6-13(14)18/h2-7H,8,18H2,1H3. The van der Waals surface area contributed by atoms with Crippen LogP contribution < -0.4 is 10.5 Å². The van der Waals surface area contributed by atoms with E-state index < -0.39 is 11.8 Å². The molecule has 0 aromatic heterocycles. The van der Waals surface area contributed by atoms with E-state index in [9.17, 15) is 9.18 Å². The molecule has 0 saturated carbocycles. The molecule has 2 aromatic carbocycles. The van der Waals surface area contributed by atoms with Gasteiger partial charge in [-0.2, -0.15) is 0 Å². The smallest absolute Gasteiger partial charge is 0.337 e. The molecule has 0 spiro atoms. The van der Waals surface area contributed by atoms with Crippen LogP contribution in [-0.4, -0.2) is 13.1 Å². The third-order valence-electron chi connectivity index (χ3n) is 2.82. The summed E-state index contributed by atoms with van der Waals surface area (Å²) in [6, 6.07) is 9.41. The molecule has 0 atom stereocenters. The number of benzene rings is 2. The predicted octanol–water partition coefficient (Wildman–Crippen LogP) is 3.54. The lowest BCUT2D eigenvalue weighted by atomic mass is 10.1. The van der Waals surface area contributed by atoms with Crippen molar-refractivity contribution in [3.63, 3.8) is 0 Å². The third kappa shape index (κ3) is 3.72. The van der Waals surface area contributed by atoms with Crippen LogP contribution in [0.1, 0.15) is 15.9 Å². The largest absolute Gasteiger partial charge is 0.487 e. The van der Waals surface area contributed by atoms with Gasteiger partial charge < -0.3 is 15.2 Å². The number of rotatable bonds is 4. The quantitative estimate of drug-likeness (QED) is 0.674. The summed E-state index contributed by atoms with van der Waals surface area (Å²) in [6.07, 6.45) is 0. The van der Waals surface area contributed by atoms with Crippen molar-refractivity contribution in [3.05, 3.63) is 57.8 Å². The first-order chi connectivity index (χ1) is 10.0. The third-order valence-corrected chi connectivity index (χ3v) is 3.43. The average molecular weight is 354 g/mol. The number of hydrogen-bond acceptors (Lipinski definition) is 4. The van der Waals surface area contributed by atoms with Crippen molar-refractivity contribution in [3.8, 4) is 5.75 Å². The maximum Gasteiger partial charge on any atom is 0.337 e. The summed E-state index contributed by atoms with van der Waals surface area (Å²) in [5.41, 5.74) is 7.37. The normalized spacial score (nSPS) is 10.2.